The molecule has 6 nitrogen and oxygen atoms in total. The summed E-state index contributed by atoms with van der Waals surface area (Å²) in [7, 11) is 0. The van der Waals surface area contributed by atoms with E-state index in [1.54, 1.807) is 0 Å². The molecular formula is C47H34N6. The topological polar surface area (TPSA) is 77.3 Å². The largest absolute Gasteiger partial charge is 0.208 e. The minimum absolute atomic E-state index is 0.587. The molecule has 0 N–H and O–H groups in total. The molecule has 6 heteroatoms. The van der Waals surface area contributed by atoms with E-state index in [-0.39, 0.29) is 0 Å². The minimum Gasteiger partial charge on any atom is -0.208 e. The SMILES string of the molecule is c1ccc(-c2nc(-c3ccccc3)nc(-c3cccc(-c4nc(-c5cccc(C6C7CC8CC6C87)c5)nc(-c5ccc6ccccc6c5)n4)c3)n2)cc1. The van der Waals surface area contributed by atoms with Crippen molar-refractivity contribution >= 4 is 10.8 Å². The van der Waals surface area contributed by atoms with Gasteiger partial charge in [0.2, 0.25) is 0 Å². The fourth-order valence-corrected chi connectivity index (χ4v) is 9.20. The molecule has 53 heavy (non-hydrogen) atoms. The first-order valence-corrected chi connectivity index (χ1v) is 18.6. The van der Waals surface area contributed by atoms with Crippen molar-refractivity contribution in [3.8, 4) is 68.3 Å². The van der Waals surface area contributed by atoms with Crippen LogP contribution in [0.1, 0.15) is 24.3 Å². The number of rotatable bonds is 7. The molecule has 0 spiro atoms. The maximum absolute atomic E-state index is 5.17. The van der Waals surface area contributed by atoms with Crippen LogP contribution in [0.25, 0.3) is 79.1 Å². The molecule has 2 aromatic heterocycles. The summed E-state index contributed by atoms with van der Waals surface area (Å²) in [5.74, 6) is 8.14. The number of fused-ring (bicyclic) bond motifs is 1. The van der Waals surface area contributed by atoms with E-state index in [1.165, 1.54) is 23.8 Å². The van der Waals surface area contributed by atoms with Gasteiger partial charge in [-0.25, -0.2) is 29.9 Å². The first kappa shape index (κ1) is 30.2. The van der Waals surface area contributed by atoms with E-state index in [1.807, 2.05) is 72.8 Å². The Morgan fingerprint density at radius 3 is 1.30 bits per heavy atom. The fraction of sp³-hybridized carbons (Fsp3) is 0.149. The third-order valence-electron chi connectivity index (χ3n) is 11.9. The lowest BCUT2D eigenvalue weighted by atomic mass is 9.31. The van der Waals surface area contributed by atoms with Crippen molar-refractivity contribution in [2.75, 3.05) is 0 Å². The second kappa shape index (κ2) is 12.1. The molecule has 0 amide bonds. The van der Waals surface area contributed by atoms with Gasteiger partial charge in [-0.2, -0.15) is 0 Å². The molecule has 6 aromatic carbocycles. The van der Waals surface area contributed by atoms with E-state index in [0.29, 0.717) is 40.9 Å². The molecule has 252 valence electrons. The highest BCUT2D eigenvalue weighted by molar-refractivity contribution is 5.86. The van der Waals surface area contributed by atoms with E-state index < -0.39 is 0 Å². The van der Waals surface area contributed by atoms with Crippen LogP contribution in [0.3, 0.4) is 0 Å². The average molecular weight is 683 g/mol. The Kier molecular flexibility index (Phi) is 6.90. The third-order valence-corrected chi connectivity index (χ3v) is 11.9. The van der Waals surface area contributed by atoms with Gasteiger partial charge in [0.1, 0.15) is 0 Å². The molecule has 3 fully saturated rings. The lowest BCUT2D eigenvalue weighted by Gasteiger charge is -2.73. The van der Waals surface area contributed by atoms with Gasteiger partial charge in [0.15, 0.2) is 34.9 Å². The summed E-state index contributed by atoms with van der Waals surface area (Å²) in [5, 5.41) is 2.33. The lowest BCUT2D eigenvalue weighted by molar-refractivity contribution is -0.214. The van der Waals surface area contributed by atoms with Gasteiger partial charge in [0, 0.05) is 33.4 Å². The molecule has 3 aliphatic rings. The van der Waals surface area contributed by atoms with E-state index in [4.69, 9.17) is 29.9 Å². The van der Waals surface area contributed by atoms with Crippen LogP contribution < -0.4 is 0 Å². The summed E-state index contributed by atoms with van der Waals surface area (Å²) in [6, 6.07) is 52.1. The Hall–Kier alpha value is -6.40. The molecule has 0 radical (unpaired) electrons. The highest BCUT2D eigenvalue weighted by Gasteiger charge is 2.67. The molecule has 3 saturated carbocycles. The van der Waals surface area contributed by atoms with Crippen LogP contribution in [-0.2, 0) is 0 Å². The van der Waals surface area contributed by atoms with Crippen LogP contribution in [0.5, 0.6) is 0 Å². The van der Waals surface area contributed by atoms with Crippen molar-refractivity contribution in [3.63, 3.8) is 0 Å². The predicted octanol–water partition coefficient (Wildman–Crippen LogP) is 10.6. The van der Waals surface area contributed by atoms with Gasteiger partial charge >= 0.3 is 0 Å². The summed E-state index contributed by atoms with van der Waals surface area (Å²) in [6.45, 7) is 0. The zero-order valence-corrected chi connectivity index (χ0v) is 28.9. The standard InChI is InChI=1S/C47H34N6/c1-3-12-29(13-4-1)42-48-43(30-14-5-2-6-15-30)50-45(49-42)34-19-10-20-35(25-34)46-51-44(52-47(53-46)36-22-21-28-11-7-8-16-31(28)23-36)33-18-9-17-32(24-33)40-38-26-37-27-39(40)41(37)38/h1-25,37-41H,26-27H2. The Morgan fingerprint density at radius 1 is 0.340 bits per heavy atom. The summed E-state index contributed by atoms with van der Waals surface area (Å²) in [4.78, 5) is 30.3. The van der Waals surface area contributed by atoms with E-state index >= 15 is 0 Å². The van der Waals surface area contributed by atoms with Crippen molar-refractivity contribution in [3.05, 3.63) is 157 Å². The van der Waals surface area contributed by atoms with E-state index in [2.05, 4.69) is 78.9 Å². The molecule has 11 rings (SSSR count). The Labute approximate surface area is 307 Å². The van der Waals surface area contributed by atoms with Crippen molar-refractivity contribution in [2.24, 2.45) is 23.7 Å². The van der Waals surface area contributed by atoms with Gasteiger partial charge in [0.25, 0.3) is 0 Å². The van der Waals surface area contributed by atoms with Gasteiger partial charge in [0.05, 0.1) is 0 Å². The maximum atomic E-state index is 5.17. The maximum Gasteiger partial charge on any atom is 0.164 e. The lowest BCUT2D eigenvalue weighted by Crippen LogP contribution is -2.65. The highest BCUT2D eigenvalue weighted by Crippen LogP contribution is 2.75. The van der Waals surface area contributed by atoms with Crippen molar-refractivity contribution in [1.29, 1.82) is 0 Å². The smallest absolute Gasteiger partial charge is 0.164 e. The number of nitrogens with zero attached hydrogens (tertiary/aromatic N) is 6. The van der Waals surface area contributed by atoms with Crippen LogP contribution in [0.15, 0.2) is 152 Å². The van der Waals surface area contributed by atoms with Crippen LogP contribution in [0.4, 0.5) is 0 Å². The number of benzene rings is 6. The summed E-state index contributed by atoms with van der Waals surface area (Å²) in [5.41, 5.74) is 7.00. The molecule has 3 aliphatic carbocycles. The Morgan fingerprint density at radius 2 is 0.774 bits per heavy atom. The summed E-state index contributed by atoms with van der Waals surface area (Å²) >= 11 is 0. The zero-order chi connectivity index (χ0) is 34.9. The van der Waals surface area contributed by atoms with E-state index in [9.17, 15) is 0 Å². The van der Waals surface area contributed by atoms with Crippen LogP contribution in [-0.4, -0.2) is 29.9 Å². The molecule has 2 heterocycles. The second-order valence-corrected chi connectivity index (χ2v) is 14.8. The number of aromatic nitrogens is 6. The van der Waals surface area contributed by atoms with Crippen LogP contribution in [0, 0.1) is 23.7 Å². The van der Waals surface area contributed by atoms with Crippen LogP contribution in [0.2, 0.25) is 0 Å². The summed E-state index contributed by atoms with van der Waals surface area (Å²) in [6.07, 6.45) is 2.80. The Balaban J connectivity index is 1.04. The van der Waals surface area contributed by atoms with Gasteiger partial charge in [-0.15, -0.1) is 0 Å². The molecule has 2 unspecified atom stereocenters. The molecule has 0 saturated heterocycles. The number of hydrogen-bond acceptors (Lipinski definition) is 6. The number of hydrogen-bond donors (Lipinski definition) is 0. The first-order valence-electron chi connectivity index (χ1n) is 18.6. The monoisotopic (exact) mass is 682 g/mol. The van der Waals surface area contributed by atoms with Crippen molar-refractivity contribution in [2.45, 2.75) is 18.8 Å². The van der Waals surface area contributed by atoms with Crippen LogP contribution >= 0.6 is 0 Å². The molecular weight excluding hydrogens is 649 g/mol. The van der Waals surface area contributed by atoms with Gasteiger partial charge in [-0.1, -0.05) is 133 Å². The predicted molar refractivity (Wildman–Crippen MR) is 209 cm³/mol. The normalized spacial score (nSPS) is 20.9. The van der Waals surface area contributed by atoms with Gasteiger partial charge < -0.3 is 0 Å². The first-order chi connectivity index (χ1) is 26.2. The summed E-state index contributed by atoms with van der Waals surface area (Å²) < 4.78 is 0. The molecule has 0 bridgehead atoms. The van der Waals surface area contributed by atoms with E-state index in [0.717, 1.165) is 62.4 Å². The zero-order valence-electron chi connectivity index (χ0n) is 28.9. The molecule has 2 atom stereocenters. The Bertz CT molecular complexity index is 2600. The fourth-order valence-electron chi connectivity index (χ4n) is 9.20. The second-order valence-electron chi connectivity index (χ2n) is 14.8. The van der Waals surface area contributed by atoms with Gasteiger partial charge in [-0.3, -0.25) is 0 Å². The quantitative estimate of drug-likeness (QED) is 0.167. The van der Waals surface area contributed by atoms with Crippen molar-refractivity contribution in [1.82, 2.24) is 29.9 Å². The minimum atomic E-state index is 0.587. The average Bonchev–Trinajstić information content (AvgIpc) is 3.23. The third kappa shape index (κ3) is 5.16. The van der Waals surface area contributed by atoms with Crippen molar-refractivity contribution < 1.29 is 0 Å². The van der Waals surface area contributed by atoms with Gasteiger partial charge in [-0.05, 0) is 77.0 Å². The highest BCUT2D eigenvalue weighted by atomic mass is 15.0. The molecule has 8 aromatic rings. The molecule has 0 aliphatic heterocycles.